The molecule has 0 heterocycles. The van der Waals surface area contributed by atoms with Crippen LogP contribution in [0.15, 0.2) is 30.3 Å². The number of hydrogen-bond donors (Lipinski definition) is 2. The predicted octanol–water partition coefficient (Wildman–Crippen LogP) is 3.42. The highest BCUT2D eigenvalue weighted by molar-refractivity contribution is 5.83. The Morgan fingerprint density at radius 1 is 1.22 bits per heavy atom. The maximum absolute atomic E-state index is 12.7. The first-order valence-corrected chi connectivity index (χ1v) is 9.94. The van der Waals surface area contributed by atoms with Crippen LogP contribution in [0.5, 0.6) is 0 Å². The number of amides is 1. The topological polar surface area (TPSA) is 75.6 Å². The normalized spacial score (nSPS) is 23.7. The number of esters is 1. The van der Waals surface area contributed by atoms with Crippen molar-refractivity contribution in [2.75, 3.05) is 6.54 Å². The fourth-order valence-corrected chi connectivity index (χ4v) is 3.68. The minimum absolute atomic E-state index is 0.0176. The number of carbonyl (C=O) groups excluding carboxylic acids is 2. The second-order valence-corrected chi connectivity index (χ2v) is 8.53. The molecule has 1 saturated carbocycles. The van der Waals surface area contributed by atoms with Gasteiger partial charge in [0.05, 0.1) is 17.9 Å². The summed E-state index contributed by atoms with van der Waals surface area (Å²) in [4.78, 5) is 25.0. The molecule has 1 aromatic rings. The van der Waals surface area contributed by atoms with E-state index in [-0.39, 0.29) is 29.6 Å². The van der Waals surface area contributed by atoms with Gasteiger partial charge in [0.25, 0.3) is 0 Å². The van der Waals surface area contributed by atoms with Gasteiger partial charge in [-0.15, -0.1) is 0 Å². The molecule has 27 heavy (non-hydrogen) atoms. The van der Waals surface area contributed by atoms with Gasteiger partial charge in [0.15, 0.2) is 0 Å². The number of aliphatic hydroxyl groups excluding tert-OH is 1. The Hall–Kier alpha value is -1.88. The number of ether oxygens (including phenoxy) is 1. The zero-order valence-electron chi connectivity index (χ0n) is 16.9. The molecule has 4 atom stereocenters. The molecule has 4 unspecified atom stereocenters. The third-order valence-corrected chi connectivity index (χ3v) is 5.03. The lowest BCUT2D eigenvalue weighted by Crippen LogP contribution is -2.35. The van der Waals surface area contributed by atoms with Crippen LogP contribution in [0.4, 0.5) is 0 Å². The summed E-state index contributed by atoms with van der Waals surface area (Å²) < 4.78 is 5.43. The Bertz CT molecular complexity index is 623. The summed E-state index contributed by atoms with van der Waals surface area (Å²) in [5, 5.41) is 13.3. The van der Waals surface area contributed by atoms with Gasteiger partial charge in [-0.05, 0) is 45.6 Å². The average Bonchev–Trinajstić information content (AvgIpc) is 2.98. The highest BCUT2D eigenvalue weighted by Gasteiger charge is 2.39. The van der Waals surface area contributed by atoms with Crippen molar-refractivity contribution < 1.29 is 19.4 Å². The van der Waals surface area contributed by atoms with Crippen LogP contribution in [-0.2, 0) is 14.3 Å². The Morgan fingerprint density at radius 3 is 2.48 bits per heavy atom. The van der Waals surface area contributed by atoms with E-state index in [2.05, 4.69) is 12.2 Å². The lowest BCUT2D eigenvalue weighted by atomic mass is 9.93. The molecule has 1 fully saturated rings. The molecule has 5 heteroatoms. The van der Waals surface area contributed by atoms with Crippen molar-refractivity contribution in [1.29, 1.82) is 0 Å². The van der Waals surface area contributed by atoms with Gasteiger partial charge in [-0.2, -0.15) is 0 Å². The van der Waals surface area contributed by atoms with Gasteiger partial charge >= 0.3 is 5.97 Å². The molecule has 2 rings (SSSR count). The molecule has 0 spiro atoms. The molecule has 0 aliphatic heterocycles. The first-order chi connectivity index (χ1) is 12.7. The summed E-state index contributed by atoms with van der Waals surface area (Å²) in [5.41, 5.74) is 0.479. The van der Waals surface area contributed by atoms with Crippen LogP contribution in [-0.4, -0.2) is 35.2 Å². The van der Waals surface area contributed by atoms with Gasteiger partial charge in [-0.1, -0.05) is 43.7 Å². The lowest BCUT2D eigenvalue weighted by molar-refractivity contribution is -0.160. The van der Waals surface area contributed by atoms with E-state index in [9.17, 15) is 14.7 Å². The summed E-state index contributed by atoms with van der Waals surface area (Å²) in [6.45, 7) is 7.96. The van der Waals surface area contributed by atoms with Crippen LogP contribution >= 0.6 is 0 Å². The van der Waals surface area contributed by atoms with E-state index in [1.807, 2.05) is 51.1 Å². The predicted molar refractivity (Wildman–Crippen MR) is 105 cm³/mol. The van der Waals surface area contributed by atoms with Crippen molar-refractivity contribution in [1.82, 2.24) is 5.32 Å². The van der Waals surface area contributed by atoms with Crippen LogP contribution in [0.2, 0.25) is 0 Å². The SMILES string of the molecule is CCCC(C(=O)NCC1CC(C(=O)OC(C)(C)C)CC1O)c1ccccc1. The van der Waals surface area contributed by atoms with Crippen molar-refractivity contribution >= 4 is 11.9 Å². The van der Waals surface area contributed by atoms with Crippen molar-refractivity contribution in [3.63, 3.8) is 0 Å². The van der Waals surface area contributed by atoms with Crippen LogP contribution < -0.4 is 5.32 Å². The molecule has 5 nitrogen and oxygen atoms in total. The fourth-order valence-electron chi connectivity index (χ4n) is 3.68. The molecule has 1 aromatic carbocycles. The minimum atomic E-state index is -0.593. The maximum atomic E-state index is 12.7. The molecule has 1 aliphatic rings. The second-order valence-electron chi connectivity index (χ2n) is 8.53. The van der Waals surface area contributed by atoms with E-state index in [1.54, 1.807) is 0 Å². The molecule has 0 bridgehead atoms. The van der Waals surface area contributed by atoms with Crippen molar-refractivity contribution in [3.8, 4) is 0 Å². The monoisotopic (exact) mass is 375 g/mol. The number of benzene rings is 1. The lowest BCUT2D eigenvalue weighted by Gasteiger charge is -2.22. The smallest absolute Gasteiger partial charge is 0.309 e. The molecule has 150 valence electrons. The van der Waals surface area contributed by atoms with Gasteiger partial charge in [0.2, 0.25) is 5.91 Å². The minimum Gasteiger partial charge on any atom is -0.460 e. The molecule has 0 aromatic heterocycles. The van der Waals surface area contributed by atoms with Crippen molar-refractivity contribution in [2.45, 2.75) is 71.0 Å². The average molecular weight is 376 g/mol. The quantitative estimate of drug-likeness (QED) is 0.716. The van der Waals surface area contributed by atoms with E-state index >= 15 is 0 Å². The van der Waals surface area contributed by atoms with Gasteiger partial charge < -0.3 is 15.2 Å². The summed E-state index contributed by atoms with van der Waals surface area (Å²) in [7, 11) is 0. The van der Waals surface area contributed by atoms with Crippen LogP contribution in [0.3, 0.4) is 0 Å². The van der Waals surface area contributed by atoms with Crippen LogP contribution in [0.1, 0.15) is 64.9 Å². The summed E-state index contributed by atoms with van der Waals surface area (Å²) in [6.07, 6.45) is 2.04. The highest BCUT2D eigenvalue weighted by atomic mass is 16.6. The van der Waals surface area contributed by atoms with E-state index < -0.39 is 11.7 Å². The highest BCUT2D eigenvalue weighted by Crippen LogP contribution is 2.33. The summed E-state index contributed by atoms with van der Waals surface area (Å²) in [5.74, 6) is -0.887. The van der Waals surface area contributed by atoms with E-state index in [0.717, 1.165) is 18.4 Å². The van der Waals surface area contributed by atoms with E-state index in [0.29, 0.717) is 19.4 Å². The standard InChI is InChI=1S/C22H33NO4/c1-5-9-18(15-10-7-6-8-11-15)20(25)23-14-17-12-16(13-19(17)24)21(26)27-22(2,3)4/h6-8,10-11,16-19,24H,5,9,12-14H2,1-4H3,(H,23,25). The first kappa shape index (κ1) is 21.4. The zero-order chi connectivity index (χ0) is 20.0. The van der Waals surface area contributed by atoms with Crippen LogP contribution in [0.25, 0.3) is 0 Å². The summed E-state index contributed by atoms with van der Waals surface area (Å²) >= 11 is 0. The Labute approximate surface area is 162 Å². The molecule has 1 aliphatic carbocycles. The third-order valence-electron chi connectivity index (χ3n) is 5.03. The van der Waals surface area contributed by atoms with Gasteiger partial charge in [0.1, 0.15) is 5.60 Å². The van der Waals surface area contributed by atoms with Crippen molar-refractivity contribution in [2.24, 2.45) is 11.8 Å². The third kappa shape index (κ3) is 6.35. The van der Waals surface area contributed by atoms with E-state index in [1.165, 1.54) is 0 Å². The van der Waals surface area contributed by atoms with E-state index in [4.69, 9.17) is 4.74 Å². The molecule has 0 saturated heterocycles. The number of hydrogen-bond acceptors (Lipinski definition) is 4. The molecular weight excluding hydrogens is 342 g/mol. The number of carbonyl (C=O) groups is 2. The molecule has 0 radical (unpaired) electrons. The Balaban J connectivity index is 1.91. The largest absolute Gasteiger partial charge is 0.460 e. The van der Waals surface area contributed by atoms with Gasteiger partial charge in [-0.3, -0.25) is 9.59 Å². The van der Waals surface area contributed by atoms with Crippen LogP contribution in [0, 0.1) is 11.8 Å². The first-order valence-electron chi connectivity index (χ1n) is 9.94. The van der Waals surface area contributed by atoms with Gasteiger partial charge in [0, 0.05) is 12.5 Å². The number of aliphatic hydroxyl groups is 1. The zero-order valence-corrected chi connectivity index (χ0v) is 16.9. The Kier molecular flexibility index (Phi) is 7.42. The maximum Gasteiger partial charge on any atom is 0.309 e. The van der Waals surface area contributed by atoms with Gasteiger partial charge in [-0.25, -0.2) is 0 Å². The van der Waals surface area contributed by atoms with Crippen molar-refractivity contribution in [3.05, 3.63) is 35.9 Å². The fraction of sp³-hybridized carbons (Fsp3) is 0.636. The molecule has 2 N–H and O–H groups in total. The Morgan fingerprint density at radius 2 is 1.89 bits per heavy atom. The second kappa shape index (κ2) is 9.36. The number of rotatable bonds is 7. The summed E-state index contributed by atoms with van der Waals surface area (Å²) in [6, 6.07) is 9.77. The number of nitrogens with one attached hydrogen (secondary N) is 1. The molecule has 1 amide bonds. The molecular formula is C22H33NO4.